The van der Waals surface area contributed by atoms with Crippen molar-refractivity contribution in [2.45, 2.75) is 17.5 Å². The highest BCUT2D eigenvalue weighted by Crippen LogP contribution is 2.25. The molecule has 0 saturated heterocycles. The van der Waals surface area contributed by atoms with E-state index in [0.717, 1.165) is 24.5 Å². The zero-order valence-corrected chi connectivity index (χ0v) is 11.1. The van der Waals surface area contributed by atoms with Gasteiger partial charge in [0.05, 0.1) is 17.9 Å². The van der Waals surface area contributed by atoms with Crippen molar-refractivity contribution in [1.29, 1.82) is 0 Å². The fraction of sp³-hybridized carbons (Fsp3) is 0.364. The van der Waals surface area contributed by atoms with Gasteiger partial charge in [-0.15, -0.1) is 0 Å². The second-order valence-electron chi connectivity index (χ2n) is 3.95. The van der Waals surface area contributed by atoms with Crippen LogP contribution in [0.2, 0.25) is 0 Å². The molecule has 0 spiro atoms. The van der Waals surface area contributed by atoms with Crippen LogP contribution in [0.1, 0.15) is 16.8 Å². The van der Waals surface area contributed by atoms with Crippen molar-refractivity contribution in [1.82, 2.24) is 0 Å². The van der Waals surface area contributed by atoms with E-state index in [9.17, 15) is 26.4 Å². The highest BCUT2D eigenvalue weighted by Gasteiger charge is 2.27. The van der Waals surface area contributed by atoms with Gasteiger partial charge >= 0.3 is 12.1 Å². The number of sulfone groups is 1. The number of hydrogen-bond donors (Lipinski definition) is 1. The molecule has 1 aromatic rings. The summed E-state index contributed by atoms with van der Waals surface area (Å²) < 4.78 is 63.2. The van der Waals surface area contributed by atoms with E-state index in [1.54, 1.807) is 0 Å². The molecule has 0 aromatic heterocycles. The van der Waals surface area contributed by atoms with Crippen LogP contribution in [0.25, 0.3) is 0 Å². The Hall–Kier alpha value is -1.77. The summed E-state index contributed by atoms with van der Waals surface area (Å²) >= 11 is 0. The van der Waals surface area contributed by atoms with Crippen LogP contribution >= 0.6 is 0 Å². The van der Waals surface area contributed by atoms with Crippen LogP contribution in [0.3, 0.4) is 0 Å². The van der Waals surface area contributed by atoms with Crippen LogP contribution in [0.5, 0.6) is 5.75 Å². The topological polar surface area (TPSA) is 80.7 Å². The van der Waals surface area contributed by atoms with Crippen molar-refractivity contribution in [2.24, 2.45) is 0 Å². The first kappa shape index (κ1) is 16.3. The molecule has 0 bridgehead atoms. The molecule has 0 fully saturated rings. The van der Waals surface area contributed by atoms with Crippen LogP contribution in [-0.4, -0.2) is 38.5 Å². The lowest BCUT2D eigenvalue weighted by Gasteiger charge is -2.11. The van der Waals surface area contributed by atoms with Gasteiger partial charge in [-0.2, -0.15) is 13.2 Å². The molecule has 0 amide bonds. The lowest BCUT2D eigenvalue weighted by Crippen LogP contribution is -2.14. The average Bonchev–Trinajstić information content (AvgIpc) is 2.25. The van der Waals surface area contributed by atoms with Gasteiger partial charge in [0.2, 0.25) is 0 Å². The molecular formula is C11H11F3O5S. The molecule has 0 aliphatic heterocycles. The third-order valence-electron chi connectivity index (χ3n) is 2.25. The Morgan fingerprint density at radius 2 is 1.95 bits per heavy atom. The normalized spacial score (nSPS) is 12.2. The molecule has 0 radical (unpaired) electrons. The second kappa shape index (κ2) is 5.70. The molecule has 0 aliphatic carbocycles. The van der Waals surface area contributed by atoms with Gasteiger partial charge < -0.3 is 9.84 Å². The fourth-order valence-corrected chi connectivity index (χ4v) is 1.96. The molecule has 0 saturated carbocycles. The van der Waals surface area contributed by atoms with E-state index in [2.05, 4.69) is 0 Å². The molecule has 9 heteroatoms. The Kier molecular flexibility index (Phi) is 4.64. The van der Waals surface area contributed by atoms with Crippen LogP contribution in [0.4, 0.5) is 13.2 Å². The fourth-order valence-electron chi connectivity index (χ4n) is 1.31. The van der Waals surface area contributed by atoms with Crippen LogP contribution in [0, 0.1) is 0 Å². The molecule has 1 rings (SSSR count). The Morgan fingerprint density at radius 1 is 1.35 bits per heavy atom. The summed E-state index contributed by atoms with van der Waals surface area (Å²) in [4.78, 5) is 10.7. The Morgan fingerprint density at radius 3 is 2.40 bits per heavy atom. The predicted molar refractivity (Wildman–Crippen MR) is 62.7 cm³/mol. The van der Waals surface area contributed by atoms with E-state index >= 15 is 0 Å². The maximum absolute atomic E-state index is 12.0. The minimum Gasteiger partial charge on any atom is -0.492 e. The molecular weight excluding hydrogens is 301 g/mol. The highest BCUT2D eigenvalue weighted by molar-refractivity contribution is 7.90. The number of carboxylic acids is 1. The van der Waals surface area contributed by atoms with Crippen molar-refractivity contribution in [3.05, 3.63) is 23.8 Å². The molecule has 20 heavy (non-hydrogen) atoms. The summed E-state index contributed by atoms with van der Waals surface area (Å²) in [6, 6.07) is 2.95. The Balaban J connectivity index is 3.00. The quantitative estimate of drug-likeness (QED) is 0.900. The number of benzene rings is 1. The zero-order chi connectivity index (χ0) is 15.6. The van der Waals surface area contributed by atoms with E-state index in [1.165, 1.54) is 0 Å². The largest absolute Gasteiger partial charge is 0.492 e. The van der Waals surface area contributed by atoms with Gasteiger partial charge in [0, 0.05) is 6.26 Å². The number of halogens is 3. The summed E-state index contributed by atoms with van der Waals surface area (Å²) in [6.07, 6.45) is -4.77. The van der Waals surface area contributed by atoms with Gasteiger partial charge in [-0.25, -0.2) is 13.2 Å². The van der Waals surface area contributed by atoms with E-state index in [0.29, 0.717) is 0 Å². The third kappa shape index (κ3) is 4.72. The standard InChI is InChI=1S/C11H11F3O5S/c1-20(17,18)7-2-3-9(8(6-7)10(15)16)19-5-4-11(12,13)14/h2-3,6H,4-5H2,1H3,(H,15,16). The van der Waals surface area contributed by atoms with E-state index in [1.807, 2.05) is 0 Å². The smallest absolute Gasteiger partial charge is 0.392 e. The van der Waals surface area contributed by atoms with Crippen molar-refractivity contribution in [3.8, 4) is 5.75 Å². The van der Waals surface area contributed by atoms with Crippen molar-refractivity contribution < 1.29 is 36.2 Å². The molecule has 0 unspecified atom stereocenters. The molecule has 1 aromatic carbocycles. The maximum atomic E-state index is 12.0. The van der Waals surface area contributed by atoms with Crippen LogP contribution in [0.15, 0.2) is 23.1 Å². The first-order valence-corrected chi connectivity index (χ1v) is 7.17. The second-order valence-corrected chi connectivity index (χ2v) is 5.96. The Bertz CT molecular complexity index is 607. The SMILES string of the molecule is CS(=O)(=O)c1ccc(OCCC(F)(F)F)c(C(=O)O)c1. The molecule has 0 atom stereocenters. The first-order valence-electron chi connectivity index (χ1n) is 5.27. The monoisotopic (exact) mass is 312 g/mol. The number of rotatable bonds is 5. The Labute approximate surface area is 112 Å². The summed E-state index contributed by atoms with van der Waals surface area (Å²) in [5.41, 5.74) is -0.505. The van der Waals surface area contributed by atoms with Crippen molar-refractivity contribution >= 4 is 15.8 Å². The predicted octanol–water partition coefficient (Wildman–Crippen LogP) is 2.12. The van der Waals surface area contributed by atoms with E-state index in [4.69, 9.17) is 9.84 Å². The molecule has 0 heterocycles. The lowest BCUT2D eigenvalue weighted by molar-refractivity contribution is -0.139. The molecule has 0 aliphatic rings. The van der Waals surface area contributed by atoms with E-state index in [-0.39, 0.29) is 10.6 Å². The molecule has 112 valence electrons. The summed E-state index contributed by atoms with van der Waals surface area (Å²) in [6.45, 7) is -0.748. The van der Waals surface area contributed by atoms with Gasteiger partial charge in [-0.3, -0.25) is 0 Å². The van der Waals surface area contributed by atoms with Crippen LogP contribution in [-0.2, 0) is 9.84 Å². The zero-order valence-electron chi connectivity index (χ0n) is 10.3. The van der Waals surface area contributed by atoms with Gasteiger partial charge in [0.25, 0.3) is 0 Å². The van der Waals surface area contributed by atoms with Crippen LogP contribution < -0.4 is 4.74 Å². The number of hydrogen-bond acceptors (Lipinski definition) is 4. The van der Waals surface area contributed by atoms with Crippen molar-refractivity contribution in [2.75, 3.05) is 12.9 Å². The lowest BCUT2D eigenvalue weighted by atomic mass is 10.2. The van der Waals surface area contributed by atoms with Gasteiger partial charge in [0.15, 0.2) is 9.84 Å². The maximum Gasteiger partial charge on any atom is 0.392 e. The van der Waals surface area contributed by atoms with Gasteiger partial charge in [-0.1, -0.05) is 0 Å². The van der Waals surface area contributed by atoms with Gasteiger partial charge in [0.1, 0.15) is 11.3 Å². The summed E-state index contributed by atoms with van der Waals surface area (Å²) in [7, 11) is -3.62. The van der Waals surface area contributed by atoms with E-state index < -0.39 is 40.6 Å². The van der Waals surface area contributed by atoms with Crippen molar-refractivity contribution in [3.63, 3.8) is 0 Å². The number of alkyl halides is 3. The minimum absolute atomic E-state index is 0.252. The molecule has 5 nitrogen and oxygen atoms in total. The summed E-state index contributed by atoms with van der Waals surface area (Å²) in [5, 5.41) is 8.92. The number of carboxylic acid groups (broad SMARTS) is 1. The van der Waals surface area contributed by atoms with Gasteiger partial charge in [-0.05, 0) is 18.2 Å². The average molecular weight is 312 g/mol. The molecule has 1 N–H and O–H groups in total. The third-order valence-corrected chi connectivity index (χ3v) is 3.36. The summed E-state index contributed by atoms with van der Waals surface area (Å²) in [5.74, 6) is -1.80. The number of carbonyl (C=O) groups is 1. The number of aromatic carboxylic acids is 1. The first-order chi connectivity index (χ1) is 9.00. The number of ether oxygens (including phenoxy) is 1. The minimum atomic E-state index is -4.42. The highest BCUT2D eigenvalue weighted by atomic mass is 32.2.